The summed E-state index contributed by atoms with van der Waals surface area (Å²) in [4.78, 5) is 0. The van der Waals surface area contributed by atoms with Crippen LogP contribution in [-0.4, -0.2) is 45.0 Å². The molecule has 3 N–H and O–H groups in total. The Balaban J connectivity index is 2.39. The van der Waals surface area contributed by atoms with Crippen molar-refractivity contribution in [3.63, 3.8) is 0 Å². The molecule has 0 unspecified atom stereocenters. The van der Waals surface area contributed by atoms with Gasteiger partial charge in [0.1, 0.15) is 0 Å². The molecule has 2 saturated carbocycles. The molecule has 0 heterocycles. The van der Waals surface area contributed by atoms with Crippen molar-refractivity contribution in [2.45, 2.75) is 115 Å². The third-order valence-corrected chi connectivity index (χ3v) is 8.05. The van der Waals surface area contributed by atoms with Crippen LogP contribution in [0.5, 0.6) is 0 Å². The first-order chi connectivity index (χ1) is 14.8. The topological polar surface area (TPSA) is 60.7 Å². The van der Waals surface area contributed by atoms with E-state index in [2.05, 4.69) is 12.8 Å². The van der Waals surface area contributed by atoms with E-state index >= 15 is 0 Å². The molecule has 0 aromatic carbocycles. The van der Waals surface area contributed by atoms with Gasteiger partial charge in [-0.15, -0.1) is 0 Å². The number of aliphatic hydroxyl groups is 3. The van der Waals surface area contributed by atoms with Gasteiger partial charge in [-0.25, -0.2) is 0 Å². The van der Waals surface area contributed by atoms with Gasteiger partial charge in [-0.3, -0.25) is 0 Å². The molecule has 0 saturated heterocycles. The molecule has 0 aliphatic heterocycles. The smallest absolute Gasteiger partial charge is 0.393 e. The van der Waals surface area contributed by atoms with E-state index < -0.39 is 35.1 Å². The summed E-state index contributed by atoms with van der Waals surface area (Å²) < 4.78 is 78.3. The predicted molar refractivity (Wildman–Crippen MR) is 112 cm³/mol. The summed E-state index contributed by atoms with van der Waals surface area (Å²) in [6, 6.07) is 0. The minimum Gasteiger partial charge on any atom is -0.393 e. The summed E-state index contributed by atoms with van der Waals surface area (Å²) >= 11 is 0. The second kappa shape index (κ2) is 9.23. The first-order valence-electron chi connectivity index (χ1n) is 11.5. The number of hydrogen-bond donors (Lipinski definition) is 3. The van der Waals surface area contributed by atoms with Gasteiger partial charge in [0.25, 0.3) is 0 Å². The van der Waals surface area contributed by atoms with E-state index in [0.717, 1.165) is 25.2 Å². The van der Waals surface area contributed by atoms with Crippen molar-refractivity contribution in [3.8, 4) is 11.8 Å². The highest BCUT2D eigenvalue weighted by atomic mass is 19.4. The van der Waals surface area contributed by atoms with E-state index in [1.807, 2.05) is 6.92 Å². The van der Waals surface area contributed by atoms with E-state index in [1.54, 1.807) is 13.8 Å². The Kier molecular flexibility index (Phi) is 7.91. The van der Waals surface area contributed by atoms with Crippen LogP contribution in [0, 0.1) is 34.5 Å². The van der Waals surface area contributed by atoms with Crippen molar-refractivity contribution in [2.24, 2.45) is 22.7 Å². The quantitative estimate of drug-likeness (QED) is 0.331. The minimum atomic E-state index is -5.98. The van der Waals surface area contributed by atoms with E-state index in [9.17, 15) is 41.7 Å². The molecule has 2 rings (SSSR count). The first-order valence-corrected chi connectivity index (χ1v) is 11.5. The van der Waals surface area contributed by atoms with Gasteiger partial charge in [-0.2, -0.15) is 26.3 Å². The Morgan fingerprint density at radius 3 is 2.00 bits per heavy atom. The van der Waals surface area contributed by atoms with Crippen LogP contribution in [0.3, 0.4) is 0 Å². The molecular formula is C24H36F6O3. The van der Waals surface area contributed by atoms with Crippen molar-refractivity contribution in [1.82, 2.24) is 0 Å². The summed E-state index contributed by atoms with van der Waals surface area (Å²) in [6.07, 6.45) is -7.55. The summed E-state index contributed by atoms with van der Waals surface area (Å²) in [5.74, 6) is 3.14. The Labute approximate surface area is 191 Å². The van der Waals surface area contributed by atoms with Crippen LogP contribution >= 0.6 is 0 Å². The predicted octanol–water partition coefficient (Wildman–Crippen LogP) is 5.76. The summed E-state index contributed by atoms with van der Waals surface area (Å²) in [5, 5.41) is 30.0. The number of halogens is 6. The number of fused-ring (bicyclic) bond motifs is 1. The molecule has 192 valence electrons. The molecule has 2 fully saturated rings. The van der Waals surface area contributed by atoms with Crippen LogP contribution in [0.1, 0.15) is 85.5 Å². The maximum atomic E-state index is 13.1. The molecule has 0 bridgehead atoms. The van der Waals surface area contributed by atoms with Gasteiger partial charge < -0.3 is 15.3 Å². The summed E-state index contributed by atoms with van der Waals surface area (Å²) in [6.45, 7) is 7.16. The molecule has 33 heavy (non-hydrogen) atoms. The second-order valence-electron chi connectivity index (χ2n) is 11.2. The number of rotatable bonds is 6. The van der Waals surface area contributed by atoms with Crippen LogP contribution < -0.4 is 0 Å². The molecule has 0 radical (unpaired) electrons. The van der Waals surface area contributed by atoms with Crippen molar-refractivity contribution in [1.29, 1.82) is 0 Å². The number of aliphatic hydroxyl groups excluding tert-OH is 1. The normalized spacial score (nSPS) is 30.9. The molecule has 0 aromatic heterocycles. The van der Waals surface area contributed by atoms with Crippen LogP contribution in [0.25, 0.3) is 0 Å². The van der Waals surface area contributed by atoms with Gasteiger partial charge in [0.05, 0.1) is 11.7 Å². The molecule has 2 aliphatic carbocycles. The zero-order chi connectivity index (χ0) is 25.5. The van der Waals surface area contributed by atoms with E-state index in [0.29, 0.717) is 32.1 Å². The molecular weight excluding hydrogens is 450 g/mol. The minimum absolute atomic E-state index is 0.0279. The van der Waals surface area contributed by atoms with Crippen molar-refractivity contribution >= 4 is 0 Å². The molecule has 0 amide bonds. The highest BCUT2D eigenvalue weighted by Gasteiger charge is 2.70. The lowest BCUT2D eigenvalue weighted by molar-refractivity contribution is -0.343. The monoisotopic (exact) mass is 486 g/mol. The standard InChI is InChI=1S/C24H36F6O3/c1-19(2,32)11-6-12-20(3,13-7-15-22(33,23(25,26)27)24(28,29)30)18-10-9-16-17(31)8-5-14-21(16,18)4/h16-18,31-33H,5-6,8-14H2,1-4H3/t16-,17-,18+,20+,21-/m0/s1. The zero-order valence-electron chi connectivity index (χ0n) is 19.7. The lowest BCUT2D eigenvalue weighted by Gasteiger charge is -2.49. The molecule has 2 aliphatic rings. The summed E-state index contributed by atoms with van der Waals surface area (Å²) in [7, 11) is 0. The SMILES string of the molecule is CC(C)(O)CCC[C@](C)(CC#CC(O)(C(F)(F)F)C(F)(F)F)[C@H]1CC[C@H]2[C@@H](O)CCC[C@]12C. The molecule has 3 nitrogen and oxygen atoms in total. The molecule has 0 aromatic rings. The van der Waals surface area contributed by atoms with E-state index in [-0.39, 0.29) is 23.7 Å². The van der Waals surface area contributed by atoms with E-state index in [4.69, 9.17) is 0 Å². The third kappa shape index (κ3) is 5.82. The Hall–Kier alpha value is -0.980. The zero-order valence-corrected chi connectivity index (χ0v) is 19.7. The Morgan fingerprint density at radius 1 is 0.909 bits per heavy atom. The van der Waals surface area contributed by atoms with Crippen LogP contribution in [0.2, 0.25) is 0 Å². The maximum Gasteiger partial charge on any atom is 0.438 e. The lowest BCUT2D eigenvalue weighted by Crippen LogP contribution is -2.55. The van der Waals surface area contributed by atoms with Gasteiger partial charge in [0.2, 0.25) is 0 Å². The van der Waals surface area contributed by atoms with Crippen molar-refractivity contribution < 1.29 is 41.7 Å². The largest absolute Gasteiger partial charge is 0.438 e. The average molecular weight is 487 g/mol. The van der Waals surface area contributed by atoms with Crippen LogP contribution in [0.4, 0.5) is 26.3 Å². The van der Waals surface area contributed by atoms with Crippen molar-refractivity contribution in [3.05, 3.63) is 0 Å². The van der Waals surface area contributed by atoms with E-state index in [1.165, 1.54) is 0 Å². The fraction of sp³-hybridized carbons (Fsp3) is 0.917. The second-order valence-corrected chi connectivity index (χ2v) is 11.2. The van der Waals surface area contributed by atoms with Gasteiger partial charge in [-0.1, -0.05) is 32.6 Å². The Morgan fingerprint density at radius 2 is 1.48 bits per heavy atom. The third-order valence-electron chi connectivity index (χ3n) is 8.05. The number of alkyl halides is 6. The molecule has 9 heteroatoms. The molecule has 0 spiro atoms. The van der Waals surface area contributed by atoms with Crippen LogP contribution in [0.15, 0.2) is 0 Å². The highest BCUT2D eigenvalue weighted by Crippen LogP contribution is 2.62. The Bertz CT molecular complexity index is 731. The fourth-order valence-corrected chi connectivity index (χ4v) is 6.28. The average Bonchev–Trinajstić information content (AvgIpc) is 2.97. The van der Waals surface area contributed by atoms with Gasteiger partial charge >= 0.3 is 18.0 Å². The summed E-state index contributed by atoms with van der Waals surface area (Å²) in [5.41, 5.74) is -7.08. The van der Waals surface area contributed by atoms with Crippen LogP contribution in [-0.2, 0) is 0 Å². The molecule has 5 atom stereocenters. The fourth-order valence-electron chi connectivity index (χ4n) is 6.28. The van der Waals surface area contributed by atoms with Gasteiger partial charge in [0, 0.05) is 6.42 Å². The first kappa shape index (κ1) is 28.3. The number of hydrogen-bond acceptors (Lipinski definition) is 3. The maximum absolute atomic E-state index is 13.1. The highest BCUT2D eigenvalue weighted by molar-refractivity contribution is 5.22. The lowest BCUT2D eigenvalue weighted by atomic mass is 9.56. The van der Waals surface area contributed by atoms with Gasteiger partial charge in [-0.05, 0) is 81.0 Å². The van der Waals surface area contributed by atoms with Gasteiger partial charge in [0.15, 0.2) is 0 Å². The van der Waals surface area contributed by atoms with Crippen molar-refractivity contribution in [2.75, 3.05) is 0 Å².